The zero-order valence-electron chi connectivity index (χ0n) is 16.3. The second-order valence-corrected chi connectivity index (χ2v) is 6.31. The van der Waals surface area contributed by atoms with Gasteiger partial charge < -0.3 is 14.5 Å². The van der Waals surface area contributed by atoms with Gasteiger partial charge in [-0.25, -0.2) is 9.59 Å². The first-order chi connectivity index (χ1) is 12.8. The average molecular weight is 371 g/mol. The Bertz CT molecular complexity index is 848. The van der Waals surface area contributed by atoms with Gasteiger partial charge in [0.05, 0.1) is 12.2 Å². The summed E-state index contributed by atoms with van der Waals surface area (Å²) in [6.07, 6.45) is -0.0631. The number of aromatic nitrogens is 1. The van der Waals surface area contributed by atoms with Crippen molar-refractivity contribution in [2.24, 2.45) is 0 Å². The minimum Gasteiger partial charge on any atom is -0.462 e. The van der Waals surface area contributed by atoms with Gasteiger partial charge in [-0.05, 0) is 45.2 Å². The van der Waals surface area contributed by atoms with E-state index >= 15 is 0 Å². The van der Waals surface area contributed by atoms with Crippen molar-refractivity contribution in [3.05, 3.63) is 57.9 Å². The molecule has 0 saturated carbocycles. The minimum atomic E-state index is -0.945. The highest BCUT2D eigenvalue weighted by Gasteiger charge is 2.26. The molecule has 1 atom stereocenters. The van der Waals surface area contributed by atoms with E-state index in [1.54, 1.807) is 32.9 Å². The fraction of sp³-hybridized carbons (Fsp3) is 0.381. The number of benzene rings is 1. The van der Waals surface area contributed by atoms with E-state index in [-0.39, 0.29) is 18.1 Å². The molecule has 1 N–H and O–H groups in total. The predicted octanol–water partition coefficient (Wildman–Crippen LogP) is 3.80. The van der Waals surface area contributed by atoms with Gasteiger partial charge in [-0.3, -0.25) is 4.79 Å². The van der Waals surface area contributed by atoms with Crippen molar-refractivity contribution in [3.63, 3.8) is 0 Å². The van der Waals surface area contributed by atoms with Gasteiger partial charge in [-0.1, -0.05) is 31.2 Å². The van der Waals surface area contributed by atoms with Crippen LogP contribution in [0.25, 0.3) is 0 Å². The highest BCUT2D eigenvalue weighted by Crippen LogP contribution is 2.21. The number of Topliss-reactive ketones (excluding diaryl/α,β-unsaturated/α-hetero) is 1. The van der Waals surface area contributed by atoms with E-state index in [9.17, 15) is 14.4 Å². The molecule has 1 heterocycles. The number of aryl methyl sites for hydroxylation is 2. The molecule has 0 spiro atoms. The fourth-order valence-electron chi connectivity index (χ4n) is 2.88. The molecule has 0 aliphatic carbocycles. The lowest BCUT2D eigenvalue weighted by molar-refractivity contribution is 0.0313. The van der Waals surface area contributed by atoms with E-state index in [0.717, 1.165) is 12.0 Å². The lowest BCUT2D eigenvalue weighted by atomic mass is 10.0. The smallest absolute Gasteiger partial charge is 0.355 e. The van der Waals surface area contributed by atoms with E-state index in [4.69, 9.17) is 9.47 Å². The van der Waals surface area contributed by atoms with Gasteiger partial charge in [0.25, 0.3) is 0 Å². The standard InChI is InChI=1S/C21H25NO5/c1-6-15-8-10-16(11-9-15)19(23)14(5)27-21(25)18-12(3)17(13(4)22-18)20(24)26-7-2/h8-11,14,22H,6-7H2,1-5H3/t14-/m1/s1. The third-order valence-electron chi connectivity index (χ3n) is 4.42. The van der Waals surface area contributed by atoms with Gasteiger partial charge in [0.15, 0.2) is 6.10 Å². The molecule has 6 nitrogen and oxygen atoms in total. The lowest BCUT2D eigenvalue weighted by Gasteiger charge is -2.12. The van der Waals surface area contributed by atoms with Gasteiger partial charge in [-0.2, -0.15) is 0 Å². The largest absolute Gasteiger partial charge is 0.462 e. The quantitative estimate of drug-likeness (QED) is 0.591. The molecule has 0 fully saturated rings. The highest BCUT2D eigenvalue weighted by molar-refractivity contribution is 6.02. The van der Waals surface area contributed by atoms with Crippen LogP contribution in [0.4, 0.5) is 0 Å². The van der Waals surface area contributed by atoms with Crippen LogP contribution in [0.3, 0.4) is 0 Å². The summed E-state index contributed by atoms with van der Waals surface area (Å²) in [6.45, 7) is 8.84. The molecule has 0 amide bonds. The summed E-state index contributed by atoms with van der Waals surface area (Å²) >= 11 is 0. The molecule has 1 aromatic heterocycles. The van der Waals surface area contributed by atoms with Crippen LogP contribution in [0, 0.1) is 13.8 Å². The fourth-order valence-corrected chi connectivity index (χ4v) is 2.88. The van der Waals surface area contributed by atoms with Crippen molar-refractivity contribution in [1.29, 1.82) is 0 Å². The number of H-pyrrole nitrogens is 1. The molecule has 0 radical (unpaired) electrons. The van der Waals surface area contributed by atoms with Crippen LogP contribution in [0.1, 0.15) is 68.8 Å². The second kappa shape index (κ2) is 8.66. The summed E-state index contributed by atoms with van der Waals surface area (Å²) in [5, 5.41) is 0. The Morgan fingerprint density at radius 1 is 1.04 bits per heavy atom. The third kappa shape index (κ3) is 4.45. The topological polar surface area (TPSA) is 85.5 Å². The summed E-state index contributed by atoms with van der Waals surface area (Å²) in [5.74, 6) is -1.46. The number of ether oxygens (including phenoxy) is 2. The molecule has 144 valence electrons. The highest BCUT2D eigenvalue weighted by atomic mass is 16.5. The summed E-state index contributed by atoms with van der Waals surface area (Å²) in [5.41, 5.74) is 3.05. The lowest BCUT2D eigenvalue weighted by Crippen LogP contribution is -2.25. The number of aromatic amines is 1. The van der Waals surface area contributed by atoms with E-state index in [1.807, 2.05) is 19.1 Å². The van der Waals surface area contributed by atoms with Crippen molar-refractivity contribution in [2.75, 3.05) is 6.61 Å². The maximum absolute atomic E-state index is 12.5. The molecule has 1 aromatic carbocycles. The molecule has 2 aromatic rings. The summed E-state index contributed by atoms with van der Waals surface area (Å²) in [7, 11) is 0. The molecule has 0 bridgehead atoms. The number of ketones is 1. The Morgan fingerprint density at radius 2 is 1.67 bits per heavy atom. The van der Waals surface area contributed by atoms with Crippen LogP contribution in [-0.2, 0) is 15.9 Å². The van der Waals surface area contributed by atoms with Gasteiger partial charge >= 0.3 is 11.9 Å². The number of esters is 2. The molecule has 6 heteroatoms. The van der Waals surface area contributed by atoms with Crippen LogP contribution in [0.5, 0.6) is 0 Å². The number of hydrogen-bond acceptors (Lipinski definition) is 5. The summed E-state index contributed by atoms with van der Waals surface area (Å²) < 4.78 is 10.3. The summed E-state index contributed by atoms with van der Waals surface area (Å²) in [4.78, 5) is 39.9. The average Bonchev–Trinajstić information content (AvgIpc) is 2.95. The maximum atomic E-state index is 12.5. The number of nitrogens with one attached hydrogen (secondary N) is 1. The first-order valence-corrected chi connectivity index (χ1v) is 9.00. The van der Waals surface area contributed by atoms with Crippen molar-refractivity contribution >= 4 is 17.7 Å². The van der Waals surface area contributed by atoms with Crippen LogP contribution >= 0.6 is 0 Å². The van der Waals surface area contributed by atoms with Crippen LogP contribution in [0.2, 0.25) is 0 Å². The molecular weight excluding hydrogens is 346 g/mol. The first kappa shape index (κ1) is 20.4. The van der Waals surface area contributed by atoms with E-state index in [0.29, 0.717) is 22.4 Å². The number of hydrogen-bond donors (Lipinski definition) is 1. The zero-order chi connectivity index (χ0) is 20.1. The van der Waals surface area contributed by atoms with Crippen LogP contribution in [-0.4, -0.2) is 35.4 Å². The molecule has 0 aliphatic rings. The van der Waals surface area contributed by atoms with Crippen LogP contribution in [0.15, 0.2) is 24.3 Å². The van der Waals surface area contributed by atoms with Crippen LogP contribution < -0.4 is 0 Å². The van der Waals surface area contributed by atoms with Gasteiger partial charge in [-0.15, -0.1) is 0 Å². The van der Waals surface area contributed by atoms with E-state index in [2.05, 4.69) is 4.98 Å². The van der Waals surface area contributed by atoms with E-state index in [1.165, 1.54) is 6.92 Å². The van der Waals surface area contributed by atoms with Crippen molar-refractivity contribution in [3.8, 4) is 0 Å². The number of carbonyl (C=O) groups excluding carboxylic acids is 3. The Hall–Kier alpha value is -2.89. The van der Waals surface area contributed by atoms with Crippen molar-refractivity contribution in [2.45, 2.75) is 47.1 Å². The Kier molecular flexibility index (Phi) is 6.55. The third-order valence-corrected chi connectivity index (χ3v) is 4.42. The molecule has 0 aliphatic heterocycles. The van der Waals surface area contributed by atoms with Gasteiger partial charge in [0, 0.05) is 11.3 Å². The Morgan fingerprint density at radius 3 is 2.22 bits per heavy atom. The minimum absolute atomic E-state index is 0.150. The molecule has 2 rings (SSSR count). The maximum Gasteiger partial charge on any atom is 0.355 e. The van der Waals surface area contributed by atoms with E-state index < -0.39 is 18.0 Å². The Balaban J connectivity index is 2.15. The van der Waals surface area contributed by atoms with Gasteiger partial charge in [0.1, 0.15) is 5.69 Å². The molecular formula is C21H25NO5. The molecule has 27 heavy (non-hydrogen) atoms. The molecule has 0 saturated heterocycles. The van der Waals surface area contributed by atoms with Gasteiger partial charge in [0.2, 0.25) is 5.78 Å². The second-order valence-electron chi connectivity index (χ2n) is 6.31. The van der Waals surface area contributed by atoms with Crippen molar-refractivity contribution < 1.29 is 23.9 Å². The SMILES string of the molecule is CCOC(=O)c1c(C)[nH]c(C(=O)O[C@H](C)C(=O)c2ccc(CC)cc2)c1C. The number of rotatable bonds is 7. The number of carbonyl (C=O) groups is 3. The molecule has 0 unspecified atom stereocenters. The monoisotopic (exact) mass is 371 g/mol. The summed E-state index contributed by atoms with van der Waals surface area (Å²) in [6, 6.07) is 7.22. The normalized spacial score (nSPS) is 11.7. The Labute approximate surface area is 158 Å². The predicted molar refractivity (Wildman–Crippen MR) is 101 cm³/mol. The van der Waals surface area contributed by atoms with Crippen molar-refractivity contribution in [1.82, 2.24) is 4.98 Å². The zero-order valence-corrected chi connectivity index (χ0v) is 16.3. The first-order valence-electron chi connectivity index (χ1n) is 9.00.